The molecule has 3 rings (SSSR count). The van der Waals surface area contributed by atoms with Crippen molar-refractivity contribution in [1.29, 1.82) is 0 Å². The molecular formula is C22H30N2O. The number of benzene rings is 2. The van der Waals surface area contributed by atoms with E-state index >= 15 is 0 Å². The highest BCUT2D eigenvalue weighted by molar-refractivity contribution is 5.79. The fourth-order valence-corrected chi connectivity index (χ4v) is 2.89. The third kappa shape index (κ3) is 8.10. The van der Waals surface area contributed by atoms with Crippen molar-refractivity contribution in [1.82, 2.24) is 10.2 Å². The zero-order valence-corrected chi connectivity index (χ0v) is 15.3. The normalized spacial score (nSPS) is 14.7. The first-order valence-corrected chi connectivity index (χ1v) is 9.30. The Labute approximate surface area is 152 Å². The fourth-order valence-electron chi connectivity index (χ4n) is 2.89. The molecule has 1 fully saturated rings. The first kappa shape index (κ1) is 19.4. The van der Waals surface area contributed by atoms with E-state index in [1.807, 2.05) is 12.1 Å². The first-order chi connectivity index (χ1) is 12.3. The molecule has 1 saturated heterocycles. The molecule has 0 amide bonds. The van der Waals surface area contributed by atoms with Crippen molar-refractivity contribution >= 4 is 5.78 Å². The summed E-state index contributed by atoms with van der Waals surface area (Å²) in [4.78, 5) is 13.1. The number of rotatable bonds is 6. The summed E-state index contributed by atoms with van der Waals surface area (Å²) in [6, 6.07) is 20.9. The van der Waals surface area contributed by atoms with Crippen LogP contribution in [0.2, 0.25) is 0 Å². The lowest BCUT2D eigenvalue weighted by molar-refractivity contribution is -0.121. The second-order valence-corrected chi connectivity index (χ2v) is 6.46. The Balaban J connectivity index is 0.000000196. The molecule has 0 unspecified atom stereocenters. The van der Waals surface area contributed by atoms with Gasteiger partial charge in [0.25, 0.3) is 0 Å². The maximum atomic E-state index is 10.8. The molecule has 0 aromatic heterocycles. The van der Waals surface area contributed by atoms with Crippen LogP contribution in [0.4, 0.5) is 0 Å². The number of Topliss-reactive ketones (excluding diaryl/α,β-unsaturated/α-hetero) is 1. The molecule has 1 N–H and O–H groups in total. The van der Waals surface area contributed by atoms with Crippen molar-refractivity contribution in [3.05, 3.63) is 71.8 Å². The Bertz CT molecular complexity index is 548. The molecule has 0 atom stereocenters. The quantitative estimate of drug-likeness (QED) is 0.863. The summed E-state index contributed by atoms with van der Waals surface area (Å²) in [7, 11) is 0. The lowest BCUT2D eigenvalue weighted by Crippen LogP contribution is -2.34. The number of likely N-dealkylation sites (tertiary alicyclic amines) is 1. The molecule has 1 heterocycles. The van der Waals surface area contributed by atoms with Crippen LogP contribution in [-0.4, -0.2) is 30.3 Å². The van der Waals surface area contributed by atoms with E-state index in [-0.39, 0.29) is 0 Å². The number of hydrogen-bond donors (Lipinski definition) is 1. The molecule has 0 bridgehead atoms. The van der Waals surface area contributed by atoms with Crippen molar-refractivity contribution in [3.8, 4) is 0 Å². The van der Waals surface area contributed by atoms with Crippen molar-refractivity contribution < 1.29 is 4.79 Å². The lowest BCUT2D eigenvalue weighted by atomic mass is 10.1. The van der Waals surface area contributed by atoms with E-state index in [4.69, 9.17) is 0 Å². The summed E-state index contributed by atoms with van der Waals surface area (Å²) in [6.07, 6.45) is 2.76. The Hall–Kier alpha value is -1.97. The van der Waals surface area contributed by atoms with Crippen LogP contribution < -0.4 is 5.32 Å². The van der Waals surface area contributed by atoms with Gasteiger partial charge >= 0.3 is 0 Å². The van der Waals surface area contributed by atoms with Gasteiger partial charge in [-0.2, -0.15) is 0 Å². The Kier molecular flexibility index (Phi) is 8.95. The summed E-state index contributed by atoms with van der Waals surface area (Å²) >= 11 is 0. The molecular weight excluding hydrogens is 308 g/mol. The van der Waals surface area contributed by atoms with Crippen molar-refractivity contribution in [2.24, 2.45) is 0 Å². The number of ketones is 1. The molecule has 0 spiro atoms. The fraction of sp³-hybridized carbons (Fsp3) is 0.409. The molecule has 0 aliphatic carbocycles. The molecule has 3 heteroatoms. The van der Waals surface area contributed by atoms with Crippen LogP contribution in [0.15, 0.2) is 60.7 Å². The third-order valence-electron chi connectivity index (χ3n) is 4.30. The summed E-state index contributed by atoms with van der Waals surface area (Å²) < 4.78 is 0. The standard InChI is InChI=1S/C14H15N.C8H15NO/c1-3-7-13(8-4-1)11-15-12-14-9-5-2-6-10-14;1-2-5-9-6-3-8(10)4-7-9/h1-10,15H,11-12H2;2-7H2,1H3. The maximum absolute atomic E-state index is 10.8. The third-order valence-corrected chi connectivity index (χ3v) is 4.30. The minimum atomic E-state index is 0.437. The maximum Gasteiger partial charge on any atom is 0.135 e. The van der Waals surface area contributed by atoms with Crippen LogP contribution in [0.25, 0.3) is 0 Å². The number of piperidine rings is 1. The molecule has 2 aromatic rings. The number of carbonyl (C=O) groups excluding carboxylic acids is 1. The van der Waals surface area contributed by atoms with Gasteiger partial charge in [-0.05, 0) is 24.1 Å². The topological polar surface area (TPSA) is 32.3 Å². The number of carbonyl (C=O) groups is 1. The van der Waals surface area contributed by atoms with Crippen LogP contribution in [0.1, 0.15) is 37.3 Å². The number of hydrogen-bond acceptors (Lipinski definition) is 3. The van der Waals surface area contributed by atoms with Crippen molar-refractivity contribution in [2.75, 3.05) is 19.6 Å². The van der Waals surface area contributed by atoms with Gasteiger partial charge < -0.3 is 10.2 Å². The van der Waals surface area contributed by atoms with Gasteiger partial charge in [0.05, 0.1) is 0 Å². The van der Waals surface area contributed by atoms with Gasteiger partial charge in [0, 0.05) is 39.0 Å². The van der Waals surface area contributed by atoms with E-state index in [9.17, 15) is 4.79 Å². The molecule has 134 valence electrons. The molecule has 0 radical (unpaired) electrons. The smallest absolute Gasteiger partial charge is 0.135 e. The van der Waals surface area contributed by atoms with Gasteiger partial charge in [0.2, 0.25) is 0 Å². The summed E-state index contributed by atoms with van der Waals surface area (Å²) in [5, 5.41) is 3.42. The van der Waals surface area contributed by atoms with Gasteiger partial charge in [-0.15, -0.1) is 0 Å². The second kappa shape index (κ2) is 11.6. The molecule has 2 aromatic carbocycles. The van der Waals surface area contributed by atoms with Crippen molar-refractivity contribution in [2.45, 2.75) is 39.3 Å². The Morgan fingerprint density at radius 2 is 1.32 bits per heavy atom. The highest BCUT2D eigenvalue weighted by Gasteiger charge is 2.14. The number of nitrogens with one attached hydrogen (secondary N) is 1. The minimum Gasteiger partial charge on any atom is -0.309 e. The number of nitrogens with zero attached hydrogens (tertiary/aromatic N) is 1. The van der Waals surface area contributed by atoms with E-state index < -0.39 is 0 Å². The van der Waals surface area contributed by atoms with E-state index in [2.05, 4.69) is 65.7 Å². The predicted octanol–water partition coefficient (Wildman–Crippen LogP) is 4.04. The van der Waals surface area contributed by atoms with Crippen LogP contribution in [0, 0.1) is 0 Å². The zero-order valence-electron chi connectivity index (χ0n) is 15.3. The van der Waals surface area contributed by atoms with Crippen LogP contribution in [0.3, 0.4) is 0 Å². The average Bonchev–Trinajstić information content (AvgIpc) is 2.66. The lowest BCUT2D eigenvalue weighted by Gasteiger charge is -2.24. The van der Waals surface area contributed by atoms with Crippen LogP contribution in [0.5, 0.6) is 0 Å². The van der Waals surface area contributed by atoms with E-state index in [0.29, 0.717) is 5.78 Å². The van der Waals surface area contributed by atoms with Gasteiger partial charge in [-0.1, -0.05) is 67.6 Å². The van der Waals surface area contributed by atoms with Crippen molar-refractivity contribution in [3.63, 3.8) is 0 Å². The van der Waals surface area contributed by atoms with Crippen LogP contribution in [-0.2, 0) is 17.9 Å². The van der Waals surface area contributed by atoms with Gasteiger partial charge in [0.15, 0.2) is 0 Å². The molecule has 25 heavy (non-hydrogen) atoms. The van der Waals surface area contributed by atoms with Gasteiger partial charge in [-0.3, -0.25) is 4.79 Å². The largest absolute Gasteiger partial charge is 0.309 e. The van der Waals surface area contributed by atoms with Gasteiger partial charge in [-0.25, -0.2) is 0 Å². The molecule has 3 nitrogen and oxygen atoms in total. The Morgan fingerprint density at radius 1 is 0.840 bits per heavy atom. The molecule has 1 aliphatic heterocycles. The van der Waals surface area contributed by atoms with E-state index in [1.54, 1.807) is 0 Å². The van der Waals surface area contributed by atoms with E-state index in [1.165, 1.54) is 17.5 Å². The first-order valence-electron chi connectivity index (χ1n) is 9.30. The van der Waals surface area contributed by atoms with Crippen LogP contribution >= 0.6 is 0 Å². The second-order valence-electron chi connectivity index (χ2n) is 6.46. The summed E-state index contributed by atoms with van der Waals surface area (Å²) in [5.41, 5.74) is 2.65. The zero-order chi connectivity index (χ0) is 17.7. The SMILES string of the molecule is CCCN1CCC(=O)CC1.c1ccc(CNCc2ccccc2)cc1. The van der Waals surface area contributed by atoms with E-state index in [0.717, 1.165) is 45.6 Å². The Morgan fingerprint density at radius 3 is 1.76 bits per heavy atom. The van der Waals surface area contributed by atoms with Gasteiger partial charge in [0.1, 0.15) is 5.78 Å². The summed E-state index contributed by atoms with van der Waals surface area (Å²) in [5.74, 6) is 0.437. The molecule has 1 aliphatic rings. The monoisotopic (exact) mass is 338 g/mol. The summed E-state index contributed by atoms with van der Waals surface area (Å²) in [6.45, 7) is 7.18. The highest BCUT2D eigenvalue weighted by atomic mass is 16.1. The molecule has 0 saturated carbocycles. The average molecular weight is 338 g/mol. The highest BCUT2D eigenvalue weighted by Crippen LogP contribution is 2.05. The minimum absolute atomic E-state index is 0.437. The predicted molar refractivity (Wildman–Crippen MR) is 104 cm³/mol.